The molecule has 0 fully saturated rings. The zero-order valence-electron chi connectivity index (χ0n) is 16.8. The van der Waals surface area contributed by atoms with Crippen LogP contribution in [0, 0.1) is 15.5 Å². The Morgan fingerprint density at radius 2 is 1.77 bits per heavy atom. The molecule has 0 radical (unpaired) electrons. The quantitative estimate of drug-likeness (QED) is 0.392. The number of carboxylic acids is 1. The largest absolute Gasteiger partial charge is 0.478 e. The van der Waals surface area contributed by atoms with Crippen molar-refractivity contribution in [1.29, 1.82) is 0 Å². The summed E-state index contributed by atoms with van der Waals surface area (Å²) < 4.78 is 9.70. The van der Waals surface area contributed by atoms with Gasteiger partial charge < -0.3 is 19.2 Å². The van der Waals surface area contributed by atoms with Crippen molar-refractivity contribution in [2.24, 2.45) is 5.41 Å². The third-order valence-electron chi connectivity index (χ3n) is 3.89. The highest BCUT2D eigenvalue weighted by atomic mass is 16.7. The number of rotatable bonds is 8. The van der Waals surface area contributed by atoms with Gasteiger partial charge in [0.15, 0.2) is 6.61 Å². The number of hydrogen-bond acceptors (Lipinski definition) is 7. The average molecular weight is 418 g/mol. The second kappa shape index (κ2) is 9.21. The van der Waals surface area contributed by atoms with Gasteiger partial charge in [-0.3, -0.25) is 14.9 Å². The van der Waals surface area contributed by atoms with Gasteiger partial charge in [-0.1, -0.05) is 32.9 Å². The number of carboxylic acid groups (broad SMARTS) is 1. The topological polar surface area (TPSA) is 140 Å². The van der Waals surface area contributed by atoms with Gasteiger partial charge in [-0.05, 0) is 29.2 Å². The number of aromatic carboxylic acids is 1. The molecule has 1 heterocycles. The van der Waals surface area contributed by atoms with Crippen LogP contribution in [0.3, 0.4) is 0 Å². The van der Waals surface area contributed by atoms with Crippen molar-refractivity contribution in [3.63, 3.8) is 0 Å². The molecule has 160 valence electrons. The second-order valence-corrected chi connectivity index (χ2v) is 7.78. The van der Waals surface area contributed by atoms with Crippen LogP contribution in [0.1, 0.15) is 47.2 Å². The van der Waals surface area contributed by atoms with E-state index in [4.69, 9.17) is 14.3 Å². The Morgan fingerprint density at radius 1 is 1.13 bits per heavy atom. The predicted octanol–water partition coefficient (Wildman–Crippen LogP) is 3.12. The smallest absolute Gasteiger partial charge is 0.433 e. The maximum atomic E-state index is 12.7. The van der Waals surface area contributed by atoms with E-state index >= 15 is 0 Å². The molecule has 0 spiro atoms. The van der Waals surface area contributed by atoms with Gasteiger partial charge in [-0.25, -0.2) is 9.59 Å². The molecule has 0 saturated carbocycles. The van der Waals surface area contributed by atoms with E-state index in [0.29, 0.717) is 12.1 Å². The summed E-state index contributed by atoms with van der Waals surface area (Å²) in [5.41, 5.74) is 0.599. The molecular formula is C20H22N2O8. The first-order valence-electron chi connectivity index (χ1n) is 8.97. The Morgan fingerprint density at radius 3 is 2.27 bits per heavy atom. The molecule has 10 heteroatoms. The molecule has 30 heavy (non-hydrogen) atoms. The second-order valence-electron chi connectivity index (χ2n) is 7.78. The van der Waals surface area contributed by atoms with Crippen LogP contribution in [0.2, 0.25) is 0 Å². The molecule has 0 aliphatic heterocycles. The SMILES string of the molecule is CC(C)(C)CN(Cc1ccc(C(=O)O)cc1)C(=O)COC(=O)c1ccc([N+](=O)[O-])o1. The Hall–Kier alpha value is -3.69. The number of ether oxygens (including phenoxy) is 1. The van der Waals surface area contributed by atoms with Crippen molar-refractivity contribution < 1.29 is 33.6 Å². The highest BCUT2D eigenvalue weighted by molar-refractivity contribution is 5.89. The van der Waals surface area contributed by atoms with Crippen molar-refractivity contribution in [2.45, 2.75) is 27.3 Å². The number of esters is 1. The minimum Gasteiger partial charge on any atom is -0.478 e. The van der Waals surface area contributed by atoms with Crippen molar-refractivity contribution >= 4 is 23.7 Å². The standard InChI is InChI=1S/C20H22N2O8/c1-20(2,3)12-21(10-13-4-6-14(7-5-13)18(24)25)16(23)11-29-19(26)15-8-9-17(30-15)22(27)28/h4-9H,10-12H2,1-3H3,(H,24,25). The van der Waals surface area contributed by atoms with Crippen molar-refractivity contribution in [2.75, 3.05) is 13.2 Å². The molecule has 2 aromatic rings. The molecule has 0 bridgehead atoms. The maximum absolute atomic E-state index is 12.7. The Balaban J connectivity index is 2.05. The number of furan rings is 1. The van der Waals surface area contributed by atoms with Gasteiger partial charge in [-0.15, -0.1) is 0 Å². The van der Waals surface area contributed by atoms with Crippen LogP contribution in [0.5, 0.6) is 0 Å². The molecule has 1 N–H and O–H groups in total. The lowest BCUT2D eigenvalue weighted by atomic mass is 9.95. The third kappa shape index (κ3) is 6.43. The predicted molar refractivity (Wildman–Crippen MR) is 104 cm³/mol. The highest BCUT2D eigenvalue weighted by Gasteiger charge is 2.24. The molecule has 2 rings (SSSR count). The van der Waals surface area contributed by atoms with E-state index in [1.807, 2.05) is 20.8 Å². The Labute approximate surface area is 172 Å². The van der Waals surface area contributed by atoms with Gasteiger partial charge in [0.2, 0.25) is 5.76 Å². The van der Waals surface area contributed by atoms with Crippen molar-refractivity contribution in [3.8, 4) is 0 Å². The van der Waals surface area contributed by atoms with Crippen LogP contribution in [0.15, 0.2) is 40.8 Å². The number of nitrogens with zero attached hydrogens (tertiary/aromatic N) is 2. The van der Waals surface area contributed by atoms with E-state index < -0.39 is 35.3 Å². The fourth-order valence-corrected chi connectivity index (χ4v) is 2.60. The van der Waals surface area contributed by atoms with Crippen LogP contribution >= 0.6 is 0 Å². The summed E-state index contributed by atoms with van der Waals surface area (Å²) in [6.45, 7) is 5.80. The molecular weight excluding hydrogens is 396 g/mol. The average Bonchev–Trinajstić information content (AvgIpc) is 3.15. The van der Waals surface area contributed by atoms with E-state index in [9.17, 15) is 24.5 Å². The van der Waals surface area contributed by atoms with Gasteiger partial charge in [0, 0.05) is 13.1 Å². The van der Waals surface area contributed by atoms with Gasteiger partial charge in [0.1, 0.15) is 4.92 Å². The fourth-order valence-electron chi connectivity index (χ4n) is 2.60. The van der Waals surface area contributed by atoms with Crippen LogP contribution < -0.4 is 0 Å². The number of hydrogen-bond donors (Lipinski definition) is 1. The maximum Gasteiger partial charge on any atom is 0.433 e. The van der Waals surface area contributed by atoms with Crippen LogP contribution in [0.25, 0.3) is 0 Å². The van der Waals surface area contributed by atoms with Crippen LogP contribution in [-0.4, -0.2) is 45.9 Å². The summed E-state index contributed by atoms with van der Waals surface area (Å²) in [6.07, 6.45) is 0. The monoisotopic (exact) mass is 418 g/mol. The van der Waals surface area contributed by atoms with Crippen LogP contribution in [-0.2, 0) is 16.1 Å². The molecule has 1 aromatic heterocycles. The molecule has 10 nitrogen and oxygen atoms in total. The molecule has 0 saturated heterocycles. The van der Waals surface area contributed by atoms with Gasteiger partial charge in [0.25, 0.3) is 5.91 Å². The van der Waals surface area contributed by atoms with Crippen molar-refractivity contribution in [1.82, 2.24) is 4.90 Å². The zero-order chi connectivity index (χ0) is 22.5. The summed E-state index contributed by atoms with van der Waals surface area (Å²) in [6, 6.07) is 8.23. The summed E-state index contributed by atoms with van der Waals surface area (Å²) in [4.78, 5) is 47.0. The van der Waals surface area contributed by atoms with Gasteiger partial charge in [0.05, 0.1) is 11.6 Å². The summed E-state index contributed by atoms with van der Waals surface area (Å²) in [5, 5.41) is 19.6. The molecule has 1 aromatic carbocycles. The zero-order valence-corrected chi connectivity index (χ0v) is 16.8. The third-order valence-corrected chi connectivity index (χ3v) is 3.89. The molecule has 1 amide bonds. The van der Waals surface area contributed by atoms with E-state index in [-0.39, 0.29) is 23.3 Å². The summed E-state index contributed by atoms with van der Waals surface area (Å²) >= 11 is 0. The van der Waals surface area contributed by atoms with Crippen LogP contribution in [0.4, 0.5) is 5.88 Å². The first-order valence-corrected chi connectivity index (χ1v) is 8.97. The summed E-state index contributed by atoms with van der Waals surface area (Å²) in [5.74, 6) is -3.48. The molecule has 0 unspecified atom stereocenters. The minimum atomic E-state index is -1.05. The van der Waals surface area contributed by atoms with E-state index in [1.165, 1.54) is 17.0 Å². The normalized spacial score (nSPS) is 11.0. The van der Waals surface area contributed by atoms with E-state index in [0.717, 1.165) is 12.1 Å². The minimum absolute atomic E-state index is 0.133. The molecule has 0 atom stereocenters. The lowest BCUT2D eigenvalue weighted by Crippen LogP contribution is -2.39. The van der Waals surface area contributed by atoms with Crippen molar-refractivity contribution in [3.05, 3.63) is 63.4 Å². The first kappa shape index (κ1) is 22.6. The lowest BCUT2D eigenvalue weighted by molar-refractivity contribution is -0.402. The van der Waals surface area contributed by atoms with Gasteiger partial charge in [-0.2, -0.15) is 0 Å². The van der Waals surface area contributed by atoms with Gasteiger partial charge >= 0.3 is 17.8 Å². The number of nitro groups is 1. The fraction of sp³-hybridized carbons (Fsp3) is 0.350. The molecule has 0 aliphatic carbocycles. The number of carbonyl (C=O) groups excluding carboxylic acids is 2. The highest BCUT2D eigenvalue weighted by Crippen LogP contribution is 2.19. The first-order chi connectivity index (χ1) is 14.0. The van der Waals surface area contributed by atoms with E-state index in [2.05, 4.69) is 0 Å². The Kier molecular flexibility index (Phi) is 6.93. The Bertz CT molecular complexity index is 940. The number of amides is 1. The number of carbonyl (C=O) groups is 3. The van der Waals surface area contributed by atoms with E-state index in [1.54, 1.807) is 12.1 Å². The molecule has 0 aliphatic rings. The summed E-state index contributed by atoms with van der Waals surface area (Å²) in [7, 11) is 0. The number of benzene rings is 1. The lowest BCUT2D eigenvalue weighted by Gasteiger charge is -2.30.